The predicted molar refractivity (Wildman–Crippen MR) is 113 cm³/mol. The van der Waals surface area contributed by atoms with Gasteiger partial charge in [-0.1, -0.05) is 18.2 Å². The van der Waals surface area contributed by atoms with Gasteiger partial charge in [0.25, 0.3) is 10.0 Å². The summed E-state index contributed by atoms with van der Waals surface area (Å²) >= 11 is 0. The molecule has 0 atom stereocenters. The second kappa shape index (κ2) is 6.60. The SMILES string of the molecule is Cn1c(=O)oc2ccc(S(=O)(=O)Nc3ccc(-c4cn5ccccc5n4)cc3)cc21. The van der Waals surface area contributed by atoms with Crippen LogP contribution in [0, 0.1) is 0 Å². The molecule has 0 aliphatic rings. The second-order valence-corrected chi connectivity index (χ2v) is 8.51. The van der Waals surface area contributed by atoms with Crippen LogP contribution in [0.15, 0.2) is 87.2 Å². The Balaban J connectivity index is 1.43. The van der Waals surface area contributed by atoms with Crippen LogP contribution in [0.4, 0.5) is 5.69 Å². The van der Waals surface area contributed by atoms with Crippen LogP contribution in [0.1, 0.15) is 0 Å². The fourth-order valence-electron chi connectivity index (χ4n) is 3.27. The summed E-state index contributed by atoms with van der Waals surface area (Å²) in [6, 6.07) is 17.0. The van der Waals surface area contributed by atoms with Crippen LogP contribution in [0.5, 0.6) is 0 Å². The largest absolute Gasteiger partial charge is 0.419 e. The van der Waals surface area contributed by atoms with Crippen molar-refractivity contribution in [3.05, 3.63) is 83.6 Å². The van der Waals surface area contributed by atoms with Crippen molar-refractivity contribution >= 4 is 32.5 Å². The van der Waals surface area contributed by atoms with Gasteiger partial charge in [-0.05, 0) is 42.5 Å². The minimum absolute atomic E-state index is 0.0378. The molecular formula is C21H16N4O4S. The molecule has 0 radical (unpaired) electrons. The van der Waals surface area contributed by atoms with Gasteiger partial charge in [0.05, 0.1) is 16.1 Å². The number of hydrogen-bond acceptors (Lipinski definition) is 5. The number of benzene rings is 2. The number of anilines is 1. The first-order valence-electron chi connectivity index (χ1n) is 9.07. The van der Waals surface area contributed by atoms with Gasteiger partial charge in [-0.25, -0.2) is 18.2 Å². The Morgan fingerprint density at radius 2 is 1.83 bits per heavy atom. The highest BCUT2D eigenvalue weighted by Crippen LogP contribution is 2.24. The Hall–Kier alpha value is -3.85. The number of aryl methyl sites for hydroxylation is 1. The van der Waals surface area contributed by atoms with E-state index in [2.05, 4.69) is 9.71 Å². The van der Waals surface area contributed by atoms with Crippen LogP contribution in [0.3, 0.4) is 0 Å². The highest BCUT2D eigenvalue weighted by molar-refractivity contribution is 7.92. The Labute approximate surface area is 171 Å². The highest BCUT2D eigenvalue weighted by Gasteiger charge is 2.17. The van der Waals surface area contributed by atoms with Gasteiger partial charge in [0.2, 0.25) is 0 Å². The molecule has 5 aromatic rings. The van der Waals surface area contributed by atoms with E-state index in [-0.39, 0.29) is 4.90 Å². The lowest BCUT2D eigenvalue weighted by Crippen LogP contribution is -2.13. The lowest BCUT2D eigenvalue weighted by atomic mass is 10.1. The normalized spacial score (nSPS) is 11.9. The van der Waals surface area contributed by atoms with Gasteiger partial charge < -0.3 is 8.82 Å². The maximum atomic E-state index is 12.8. The molecule has 3 heterocycles. The molecule has 0 spiro atoms. The fourth-order valence-corrected chi connectivity index (χ4v) is 4.35. The molecule has 8 nitrogen and oxygen atoms in total. The summed E-state index contributed by atoms with van der Waals surface area (Å²) in [6.07, 6.45) is 3.83. The predicted octanol–water partition coefficient (Wildman–Crippen LogP) is 3.25. The van der Waals surface area contributed by atoms with Crippen LogP contribution in [-0.4, -0.2) is 22.4 Å². The number of nitrogens with one attached hydrogen (secondary N) is 1. The van der Waals surface area contributed by atoms with E-state index in [4.69, 9.17) is 4.42 Å². The summed E-state index contributed by atoms with van der Waals surface area (Å²) in [7, 11) is -2.31. The molecule has 30 heavy (non-hydrogen) atoms. The van der Waals surface area contributed by atoms with Gasteiger partial charge in [0.15, 0.2) is 5.58 Å². The average Bonchev–Trinajstić information content (AvgIpc) is 3.29. The van der Waals surface area contributed by atoms with E-state index < -0.39 is 15.8 Å². The minimum atomic E-state index is -3.84. The minimum Gasteiger partial charge on any atom is -0.408 e. The number of pyridine rings is 1. The van der Waals surface area contributed by atoms with Gasteiger partial charge >= 0.3 is 5.76 Å². The van der Waals surface area contributed by atoms with Gasteiger partial charge in [-0.2, -0.15) is 0 Å². The van der Waals surface area contributed by atoms with Crippen molar-refractivity contribution in [2.45, 2.75) is 4.90 Å². The smallest absolute Gasteiger partial charge is 0.408 e. The molecule has 2 aromatic carbocycles. The number of oxazole rings is 1. The van der Waals surface area contributed by atoms with E-state index in [1.54, 1.807) is 12.1 Å². The third-order valence-electron chi connectivity index (χ3n) is 4.87. The van der Waals surface area contributed by atoms with Crippen molar-refractivity contribution in [1.82, 2.24) is 14.0 Å². The lowest BCUT2D eigenvalue weighted by Gasteiger charge is -2.09. The summed E-state index contributed by atoms with van der Waals surface area (Å²) in [5.41, 5.74) is 3.66. The molecule has 0 aliphatic heterocycles. The first-order chi connectivity index (χ1) is 14.4. The first-order valence-corrected chi connectivity index (χ1v) is 10.6. The monoisotopic (exact) mass is 420 g/mol. The van der Waals surface area contributed by atoms with E-state index >= 15 is 0 Å². The maximum Gasteiger partial charge on any atom is 0.419 e. The van der Waals surface area contributed by atoms with Crippen molar-refractivity contribution in [3.8, 4) is 11.3 Å². The van der Waals surface area contributed by atoms with E-state index in [1.807, 2.05) is 47.1 Å². The zero-order valence-electron chi connectivity index (χ0n) is 15.8. The molecule has 150 valence electrons. The number of hydrogen-bond donors (Lipinski definition) is 1. The summed E-state index contributed by atoms with van der Waals surface area (Å²) in [5.74, 6) is -0.546. The standard InChI is InChI=1S/C21H16N4O4S/c1-24-18-12-16(9-10-19(18)29-21(24)26)30(27,28)23-15-7-5-14(6-8-15)17-13-25-11-3-2-4-20(25)22-17/h2-13,23H,1H3. The fraction of sp³-hybridized carbons (Fsp3) is 0.0476. The molecule has 0 fully saturated rings. The highest BCUT2D eigenvalue weighted by atomic mass is 32.2. The van der Waals surface area contributed by atoms with Gasteiger partial charge in [-0.15, -0.1) is 0 Å². The molecular weight excluding hydrogens is 404 g/mol. The molecule has 0 bridgehead atoms. The summed E-state index contributed by atoms with van der Waals surface area (Å²) in [5, 5.41) is 0. The number of imidazole rings is 1. The van der Waals surface area contributed by atoms with E-state index in [0.717, 1.165) is 16.9 Å². The van der Waals surface area contributed by atoms with Crippen molar-refractivity contribution < 1.29 is 12.8 Å². The summed E-state index contributed by atoms with van der Waals surface area (Å²) in [4.78, 5) is 16.2. The topological polar surface area (TPSA) is 98.6 Å². The van der Waals surface area contributed by atoms with Gasteiger partial charge in [-0.3, -0.25) is 9.29 Å². The van der Waals surface area contributed by atoms with E-state index in [1.165, 1.54) is 29.8 Å². The summed E-state index contributed by atoms with van der Waals surface area (Å²) in [6.45, 7) is 0. The zero-order valence-corrected chi connectivity index (χ0v) is 16.6. The van der Waals surface area contributed by atoms with E-state index in [0.29, 0.717) is 16.8 Å². The van der Waals surface area contributed by atoms with Crippen molar-refractivity contribution in [2.24, 2.45) is 7.05 Å². The molecule has 0 unspecified atom stereocenters. The Morgan fingerprint density at radius 3 is 2.60 bits per heavy atom. The molecule has 0 amide bonds. The van der Waals surface area contributed by atoms with Gasteiger partial charge in [0, 0.05) is 30.7 Å². The van der Waals surface area contributed by atoms with Crippen molar-refractivity contribution in [3.63, 3.8) is 0 Å². The van der Waals surface area contributed by atoms with Crippen molar-refractivity contribution in [1.29, 1.82) is 0 Å². The molecule has 9 heteroatoms. The molecule has 0 saturated carbocycles. The number of fused-ring (bicyclic) bond motifs is 2. The third-order valence-corrected chi connectivity index (χ3v) is 6.25. The molecule has 5 rings (SSSR count). The quantitative estimate of drug-likeness (QED) is 0.481. The van der Waals surface area contributed by atoms with Crippen LogP contribution in [-0.2, 0) is 17.1 Å². The molecule has 0 aliphatic carbocycles. The Kier molecular flexibility index (Phi) is 4.00. The van der Waals surface area contributed by atoms with Crippen LogP contribution in [0.2, 0.25) is 0 Å². The average molecular weight is 420 g/mol. The number of nitrogens with zero attached hydrogens (tertiary/aromatic N) is 3. The molecule has 0 saturated heterocycles. The lowest BCUT2D eigenvalue weighted by molar-refractivity contribution is 0.528. The first kappa shape index (κ1) is 18.2. The maximum absolute atomic E-state index is 12.8. The van der Waals surface area contributed by atoms with Crippen LogP contribution < -0.4 is 10.5 Å². The summed E-state index contributed by atoms with van der Waals surface area (Å²) < 4.78 is 36.4. The number of sulfonamides is 1. The van der Waals surface area contributed by atoms with Crippen LogP contribution >= 0.6 is 0 Å². The number of aromatic nitrogens is 3. The number of rotatable bonds is 4. The Bertz CT molecular complexity index is 1530. The van der Waals surface area contributed by atoms with Gasteiger partial charge in [0.1, 0.15) is 5.65 Å². The Morgan fingerprint density at radius 1 is 1.03 bits per heavy atom. The molecule has 3 aromatic heterocycles. The molecule has 1 N–H and O–H groups in total. The van der Waals surface area contributed by atoms with E-state index in [9.17, 15) is 13.2 Å². The van der Waals surface area contributed by atoms with Crippen molar-refractivity contribution in [2.75, 3.05) is 4.72 Å². The van der Waals surface area contributed by atoms with Crippen LogP contribution in [0.25, 0.3) is 28.0 Å². The second-order valence-electron chi connectivity index (χ2n) is 6.83. The zero-order chi connectivity index (χ0) is 20.9. The third kappa shape index (κ3) is 3.05.